The van der Waals surface area contributed by atoms with Crippen LogP contribution in [0.2, 0.25) is 0 Å². The highest BCUT2D eigenvalue weighted by Crippen LogP contribution is 2.41. The number of ketones is 1. The summed E-state index contributed by atoms with van der Waals surface area (Å²) < 4.78 is 28.0. The molecular formula is C24H25NO3S. The van der Waals surface area contributed by atoms with E-state index in [0.29, 0.717) is 11.1 Å². The van der Waals surface area contributed by atoms with Crippen LogP contribution in [0.4, 0.5) is 0 Å². The van der Waals surface area contributed by atoms with E-state index in [0.717, 1.165) is 5.56 Å². The van der Waals surface area contributed by atoms with Gasteiger partial charge in [0.05, 0.1) is 0 Å². The van der Waals surface area contributed by atoms with E-state index in [2.05, 4.69) is 0 Å². The van der Waals surface area contributed by atoms with Crippen LogP contribution in [0, 0.1) is 0 Å². The summed E-state index contributed by atoms with van der Waals surface area (Å²) in [5.41, 5.74) is 2.09. The Morgan fingerprint density at radius 3 is 1.69 bits per heavy atom. The van der Waals surface area contributed by atoms with Gasteiger partial charge in [0.25, 0.3) is 0 Å². The van der Waals surface area contributed by atoms with Crippen molar-refractivity contribution < 1.29 is 13.2 Å². The highest BCUT2D eigenvalue weighted by Gasteiger charge is 2.38. The van der Waals surface area contributed by atoms with E-state index in [1.165, 1.54) is 18.4 Å². The molecular weight excluding hydrogens is 382 g/mol. The van der Waals surface area contributed by atoms with Crippen molar-refractivity contribution in [2.75, 3.05) is 14.1 Å². The minimum atomic E-state index is -3.69. The number of nitrogens with zero attached hydrogens (tertiary/aromatic N) is 1. The van der Waals surface area contributed by atoms with Crippen LogP contribution in [0.1, 0.15) is 39.1 Å². The summed E-state index contributed by atoms with van der Waals surface area (Å²) in [6.45, 7) is 0. The van der Waals surface area contributed by atoms with Gasteiger partial charge in [0.15, 0.2) is 5.78 Å². The highest BCUT2D eigenvalue weighted by molar-refractivity contribution is 7.89. The summed E-state index contributed by atoms with van der Waals surface area (Å²) in [5.74, 6) is -0.590. The first-order valence-electron chi connectivity index (χ1n) is 9.50. The second-order valence-electron chi connectivity index (χ2n) is 7.17. The number of sulfonamides is 1. The number of benzene rings is 3. The van der Waals surface area contributed by atoms with Gasteiger partial charge in [-0.1, -0.05) is 91.0 Å². The van der Waals surface area contributed by atoms with E-state index >= 15 is 0 Å². The molecule has 0 saturated carbocycles. The fraction of sp³-hybridized carbons (Fsp3) is 0.208. The van der Waals surface area contributed by atoms with Gasteiger partial charge in [-0.3, -0.25) is 4.79 Å². The molecule has 0 aliphatic carbocycles. The van der Waals surface area contributed by atoms with Crippen molar-refractivity contribution in [1.82, 2.24) is 4.31 Å². The normalized spacial score (nSPS) is 13.8. The van der Waals surface area contributed by atoms with E-state index in [1.807, 2.05) is 78.9 Å². The van der Waals surface area contributed by atoms with Crippen molar-refractivity contribution >= 4 is 15.8 Å². The molecule has 29 heavy (non-hydrogen) atoms. The third-order valence-corrected chi connectivity index (χ3v) is 7.31. The van der Waals surface area contributed by atoms with Crippen molar-refractivity contribution in [3.8, 4) is 0 Å². The maximum absolute atomic E-state index is 13.4. The largest absolute Gasteiger partial charge is 0.294 e. The van der Waals surface area contributed by atoms with Gasteiger partial charge in [0.1, 0.15) is 5.25 Å². The molecule has 0 fully saturated rings. The van der Waals surface area contributed by atoms with Crippen molar-refractivity contribution in [3.63, 3.8) is 0 Å². The summed E-state index contributed by atoms with van der Waals surface area (Å²) >= 11 is 0. The van der Waals surface area contributed by atoms with Gasteiger partial charge < -0.3 is 0 Å². The summed E-state index contributed by atoms with van der Waals surface area (Å²) in [6.07, 6.45) is 0.0979. The van der Waals surface area contributed by atoms with Crippen LogP contribution in [0.5, 0.6) is 0 Å². The third kappa shape index (κ3) is 4.81. The molecule has 0 aromatic heterocycles. The zero-order valence-corrected chi connectivity index (χ0v) is 17.4. The van der Waals surface area contributed by atoms with Crippen LogP contribution in [0.25, 0.3) is 0 Å². The average molecular weight is 408 g/mol. The molecule has 0 aliphatic heterocycles. The van der Waals surface area contributed by atoms with Gasteiger partial charge in [-0.2, -0.15) is 0 Å². The Bertz CT molecular complexity index is 1030. The number of hydrogen-bond donors (Lipinski definition) is 0. The number of Topliss-reactive ketones (excluding diaryl/α,β-unsaturated/α-hetero) is 1. The fourth-order valence-corrected chi connectivity index (χ4v) is 5.15. The molecule has 2 atom stereocenters. The summed E-state index contributed by atoms with van der Waals surface area (Å²) in [6, 6.07) is 27.6. The number of hydrogen-bond acceptors (Lipinski definition) is 3. The molecule has 0 spiro atoms. The second-order valence-corrected chi connectivity index (χ2v) is 9.44. The highest BCUT2D eigenvalue weighted by atomic mass is 32.2. The number of carbonyl (C=O) groups is 1. The molecule has 4 nitrogen and oxygen atoms in total. The van der Waals surface area contributed by atoms with Gasteiger partial charge in [0, 0.05) is 32.0 Å². The molecule has 150 valence electrons. The second kappa shape index (κ2) is 9.16. The zero-order valence-electron chi connectivity index (χ0n) is 16.6. The maximum atomic E-state index is 13.4. The molecule has 0 bridgehead atoms. The molecule has 0 aliphatic rings. The first-order chi connectivity index (χ1) is 13.9. The Labute approximate surface area is 172 Å². The van der Waals surface area contributed by atoms with Crippen LogP contribution >= 0.6 is 0 Å². The molecule has 0 saturated heterocycles. The topological polar surface area (TPSA) is 54.5 Å². The lowest BCUT2D eigenvalue weighted by Crippen LogP contribution is -2.32. The van der Waals surface area contributed by atoms with Crippen molar-refractivity contribution in [2.24, 2.45) is 0 Å². The van der Waals surface area contributed by atoms with E-state index in [4.69, 9.17) is 0 Å². The van der Waals surface area contributed by atoms with Crippen molar-refractivity contribution in [1.29, 1.82) is 0 Å². The Hall–Kier alpha value is -2.76. The molecule has 0 radical (unpaired) electrons. The fourth-order valence-electron chi connectivity index (χ4n) is 3.52. The standard InChI is InChI=1S/C24H25NO3S/c1-25(2)29(27,28)24(21-16-10-5-11-17-21)22(19-12-6-3-7-13-19)18-23(26)20-14-8-4-9-15-20/h3-17,22,24H,18H2,1-2H3. The van der Waals surface area contributed by atoms with Crippen LogP contribution in [0.3, 0.4) is 0 Å². The van der Waals surface area contributed by atoms with E-state index in [1.54, 1.807) is 12.1 Å². The smallest absolute Gasteiger partial charge is 0.221 e. The van der Waals surface area contributed by atoms with Crippen LogP contribution < -0.4 is 0 Å². The van der Waals surface area contributed by atoms with Crippen LogP contribution in [-0.4, -0.2) is 32.6 Å². The lowest BCUT2D eigenvalue weighted by molar-refractivity contribution is 0.0972. The Kier molecular flexibility index (Phi) is 6.62. The first-order valence-corrected chi connectivity index (χ1v) is 11.0. The molecule has 2 unspecified atom stereocenters. The lowest BCUT2D eigenvalue weighted by atomic mass is 9.86. The van der Waals surface area contributed by atoms with Crippen molar-refractivity contribution in [2.45, 2.75) is 17.6 Å². The summed E-state index contributed by atoms with van der Waals surface area (Å²) in [7, 11) is -0.618. The average Bonchev–Trinajstić information content (AvgIpc) is 2.75. The monoisotopic (exact) mass is 407 g/mol. The number of rotatable bonds is 8. The molecule has 0 heterocycles. The molecule has 0 N–H and O–H groups in total. The SMILES string of the molecule is CN(C)S(=O)(=O)C(c1ccccc1)C(CC(=O)c1ccccc1)c1ccccc1. The number of carbonyl (C=O) groups excluding carboxylic acids is 1. The first kappa shape index (κ1) is 21.0. The zero-order chi connectivity index (χ0) is 20.9. The summed E-state index contributed by atoms with van der Waals surface area (Å²) in [5, 5.41) is -0.867. The van der Waals surface area contributed by atoms with Gasteiger partial charge in [-0.15, -0.1) is 0 Å². The Morgan fingerprint density at radius 2 is 1.21 bits per heavy atom. The van der Waals surface area contributed by atoms with E-state index < -0.39 is 21.2 Å². The maximum Gasteiger partial charge on any atom is 0.221 e. The predicted molar refractivity (Wildman–Crippen MR) is 116 cm³/mol. The molecule has 3 aromatic carbocycles. The summed E-state index contributed by atoms with van der Waals surface area (Å²) in [4.78, 5) is 13.1. The predicted octanol–water partition coefficient (Wildman–Crippen LogP) is 4.68. The molecule has 5 heteroatoms. The van der Waals surface area contributed by atoms with Crippen LogP contribution in [0.15, 0.2) is 91.0 Å². The lowest BCUT2D eigenvalue weighted by Gasteiger charge is -2.30. The minimum Gasteiger partial charge on any atom is -0.294 e. The Morgan fingerprint density at radius 1 is 0.759 bits per heavy atom. The molecule has 0 amide bonds. The quantitative estimate of drug-likeness (QED) is 0.510. The molecule has 3 aromatic rings. The van der Waals surface area contributed by atoms with Gasteiger partial charge in [-0.25, -0.2) is 12.7 Å². The third-order valence-electron chi connectivity index (χ3n) is 5.05. The Balaban J connectivity index is 2.12. The van der Waals surface area contributed by atoms with E-state index in [-0.39, 0.29) is 12.2 Å². The minimum absolute atomic E-state index is 0.0747. The molecule has 3 rings (SSSR count). The van der Waals surface area contributed by atoms with Crippen molar-refractivity contribution in [3.05, 3.63) is 108 Å². The van der Waals surface area contributed by atoms with Gasteiger partial charge in [-0.05, 0) is 11.1 Å². The van der Waals surface area contributed by atoms with Gasteiger partial charge >= 0.3 is 0 Å². The van der Waals surface area contributed by atoms with Gasteiger partial charge in [0.2, 0.25) is 10.0 Å². The van der Waals surface area contributed by atoms with Crippen LogP contribution in [-0.2, 0) is 10.0 Å². The van der Waals surface area contributed by atoms with E-state index in [9.17, 15) is 13.2 Å².